The number of benzene rings is 1. The van der Waals surface area contributed by atoms with Crippen molar-refractivity contribution in [1.82, 2.24) is 34.8 Å². The summed E-state index contributed by atoms with van der Waals surface area (Å²) in [7, 11) is 0. The van der Waals surface area contributed by atoms with Crippen molar-refractivity contribution in [3.05, 3.63) is 41.5 Å². The fourth-order valence-electron chi connectivity index (χ4n) is 5.93. The van der Waals surface area contributed by atoms with E-state index in [1.165, 1.54) is 17.7 Å². The third kappa shape index (κ3) is 5.06. The fraction of sp³-hybridized carbons (Fsp3) is 0.621. The zero-order chi connectivity index (χ0) is 27.5. The Morgan fingerprint density at radius 1 is 1.18 bits per heavy atom. The van der Waals surface area contributed by atoms with Crippen molar-refractivity contribution in [3.63, 3.8) is 0 Å². The van der Waals surface area contributed by atoms with Gasteiger partial charge in [0, 0.05) is 44.1 Å². The van der Waals surface area contributed by atoms with Gasteiger partial charge in [-0.2, -0.15) is 0 Å². The number of likely N-dealkylation sites (tertiary alicyclic amines) is 1. The standard InChI is InChI=1S/C29H39N7O3/c1-5-25-31-21-12-17(6-11-23(21)36(25)19-9-10-19)14-30-27(38)24-13-20(37)15-34(24)28(39)26(29(2,3)4)35-16-22(32-33-35)18-7-8-18/h6,11-12,16,18-20,24,26,37H,5,7-10,13-15H2,1-4H3,(H,30,38)/t20-,24+,26-/m1/s1. The minimum absolute atomic E-state index is 0.123. The Hall–Kier alpha value is -3.27. The van der Waals surface area contributed by atoms with E-state index >= 15 is 0 Å². The number of amides is 2. The molecule has 2 amide bonds. The molecule has 1 aromatic carbocycles. The van der Waals surface area contributed by atoms with Gasteiger partial charge >= 0.3 is 0 Å². The van der Waals surface area contributed by atoms with Crippen LogP contribution in [-0.4, -0.2) is 65.1 Å². The number of aromatic nitrogens is 5. The zero-order valence-electron chi connectivity index (χ0n) is 23.3. The third-order valence-electron chi connectivity index (χ3n) is 8.23. The number of aryl methyl sites for hydroxylation is 1. The number of nitrogens with one attached hydrogen (secondary N) is 1. The minimum atomic E-state index is -0.752. The van der Waals surface area contributed by atoms with Crippen molar-refractivity contribution in [2.45, 2.75) is 103 Å². The molecule has 3 aromatic rings. The Morgan fingerprint density at radius 3 is 2.62 bits per heavy atom. The summed E-state index contributed by atoms with van der Waals surface area (Å²) in [5.41, 5.74) is 3.50. The van der Waals surface area contributed by atoms with Crippen molar-refractivity contribution in [2.24, 2.45) is 5.41 Å². The van der Waals surface area contributed by atoms with Crippen LogP contribution in [0, 0.1) is 5.41 Å². The van der Waals surface area contributed by atoms with Crippen LogP contribution >= 0.6 is 0 Å². The zero-order valence-corrected chi connectivity index (χ0v) is 23.3. The summed E-state index contributed by atoms with van der Waals surface area (Å²) in [4.78, 5) is 33.7. The van der Waals surface area contributed by atoms with Crippen LogP contribution in [0.4, 0.5) is 0 Å². The van der Waals surface area contributed by atoms with Gasteiger partial charge in [0.2, 0.25) is 11.8 Å². The highest BCUT2D eigenvalue weighted by molar-refractivity contribution is 5.90. The largest absolute Gasteiger partial charge is 0.391 e. The van der Waals surface area contributed by atoms with Crippen molar-refractivity contribution < 1.29 is 14.7 Å². The monoisotopic (exact) mass is 533 g/mol. The van der Waals surface area contributed by atoms with Gasteiger partial charge in [0.1, 0.15) is 17.9 Å². The van der Waals surface area contributed by atoms with E-state index in [0.717, 1.165) is 47.4 Å². The Bertz CT molecular complexity index is 1400. The van der Waals surface area contributed by atoms with Crippen LogP contribution in [0.2, 0.25) is 0 Å². The van der Waals surface area contributed by atoms with Gasteiger partial charge in [-0.1, -0.05) is 39.0 Å². The molecule has 2 N–H and O–H groups in total. The number of carbonyl (C=O) groups excluding carboxylic acids is 2. The van der Waals surface area contributed by atoms with Crippen LogP contribution < -0.4 is 5.32 Å². The van der Waals surface area contributed by atoms with E-state index in [-0.39, 0.29) is 24.8 Å². The van der Waals surface area contributed by atoms with Crippen molar-refractivity contribution in [3.8, 4) is 0 Å². The number of aliphatic hydroxyl groups excluding tert-OH is 1. The average Bonchev–Trinajstić information content (AvgIpc) is 3.80. The normalized spacial score (nSPS) is 22.4. The van der Waals surface area contributed by atoms with E-state index in [4.69, 9.17) is 4.98 Å². The Labute approximate surface area is 228 Å². The predicted octanol–water partition coefficient (Wildman–Crippen LogP) is 3.27. The number of carbonyl (C=O) groups is 2. The Kier molecular flexibility index (Phi) is 6.48. The number of aliphatic hydroxyl groups is 1. The second kappa shape index (κ2) is 9.73. The fourth-order valence-corrected chi connectivity index (χ4v) is 5.93. The minimum Gasteiger partial charge on any atom is -0.391 e. The first-order chi connectivity index (χ1) is 18.6. The molecule has 1 aliphatic heterocycles. The van der Waals surface area contributed by atoms with E-state index in [9.17, 15) is 14.7 Å². The number of imidazole rings is 1. The van der Waals surface area contributed by atoms with Gasteiger partial charge in [-0.25, -0.2) is 9.67 Å². The number of nitrogens with zero attached hydrogens (tertiary/aromatic N) is 6. The quantitative estimate of drug-likeness (QED) is 0.459. The average molecular weight is 534 g/mol. The molecule has 39 heavy (non-hydrogen) atoms. The molecule has 208 valence electrons. The van der Waals surface area contributed by atoms with E-state index < -0.39 is 23.6 Å². The molecule has 3 aliphatic rings. The van der Waals surface area contributed by atoms with E-state index in [0.29, 0.717) is 18.5 Å². The lowest BCUT2D eigenvalue weighted by Crippen LogP contribution is -2.50. The molecular weight excluding hydrogens is 494 g/mol. The van der Waals surface area contributed by atoms with Crippen LogP contribution in [0.15, 0.2) is 24.4 Å². The lowest BCUT2D eigenvalue weighted by Gasteiger charge is -2.34. The molecule has 6 rings (SSSR count). The molecular formula is C29H39N7O3. The summed E-state index contributed by atoms with van der Waals surface area (Å²) in [6.07, 6.45) is 6.82. The molecule has 0 bridgehead atoms. The van der Waals surface area contributed by atoms with Crippen LogP contribution in [0.1, 0.15) is 94.9 Å². The van der Waals surface area contributed by atoms with Crippen LogP contribution in [-0.2, 0) is 22.6 Å². The summed E-state index contributed by atoms with van der Waals surface area (Å²) in [5, 5.41) is 22.1. The maximum Gasteiger partial charge on any atom is 0.248 e. The van der Waals surface area contributed by atoms with Gasteiger partial charge in [-0.15, -0.1) is 5.10 Å². The number of fused-ring (bicyclic) bond motifs is 1. The highest BCUT2D eigenvalue weighted by Crippen LogP contribution is 2.41. The molecule has 0 radical (unpaired) electrons. The molecule has 3 heterocycles. The maximum atomic E-state index is 13.9. The SMILES string of the molecule is CCc1nc2cc(CNC(=O)[C@@H]3C[C@@H](O)CN3C(=O)[C@@H](n3cc(C4CC4)nn3)C(C)(C)C)ccc2n1C1CC1. The molecule has 0 spiro atoms. The molecule has 10 heteroatoms. The highest BCUT2D eigenvalue weighted by atomic mass is 16.3. The summed E-state index contributed by atoms with van der Waals surface area (Å²) in [6, 6.07) is 5.36. The summed E-state index contributed by atoms with van der Waals surface area (Å²) in [5.74, 6) is 1.05. The predicted molar refractivity (Wildman–Crippen MR) is 146 cm³/mol. The summed E-state index contributed by atoms with van der Waals surface area (Å²) >= 11 is 0. The number of hydrogen-bond acceptors (Lipinski definition) is 6. The number of rotatable bonds is 8. The maximum absolute atomic E-state index is 13.9. The van der Waals surface area contributed by atoms with Crippen molar-refractivity contribution in [1.29, 1.82) is 0 Å². The highest BCUT2D eigenvalue weighted by Gasteiger charge is 2.45. The molecule has 0 unspecified atom stereocenters. The van der Waals surface area contributed by atoms with E-state index in [1.807, 2.05) is 39.1 Å². The van der Waals surface area contributed by atoms with Crippen LogP contribution in [0.3, 0.4) is 0 Å². The van der Waals surface area contributed by atoms with Gasteiger partial charge < -0.3 is 19.9 Å². The third-order valence-corrected chi connectivity index (χ3v) is 8.23. The second-order valence-corrected chi connectivity index (χ2v) is 12.6. The van der Waals surface area contributed by atoms with E-state index in [1.54, 1.807) is 4.68 Å². The second-order valence-electron chi connectivity index (χ2n) is 12.6. The van der Waals surface area contributed by atoms with Gasteiger partial charge in [-0.3, -0.25) is 9.59 Å². The van der Waals surface area contributed by atoms with Crippen molar-refractivity contribution >= 4 is 22.8 Å². The first kappa shape index (κ1) is 26.0. The topological polar surface area (TPSA) is 118 Å². The van der Waals surface area contributed by atoms with Gasteiger partial charge in [0.05, 0.1) is 22.8 Å². The molecule has 2 aromatic heterocycles. The van der Waals surface area contributed by atoms with Crippen molar-refractivity contribution in [2.75, 3.05) is 6.54 Å². The Morgan fingerprint density at radius 2 is 1.95 bits per heavy atom. The number of β-amino-alcohol motifs (C(OH)–C–C–N with tert-alkyl or cyclic N) is 1. The molecule has 3 atom stereocenters. The molecule has 1 saturated heterocycles. The van der Waals surface area contributed by atoms with Crippen LogP contribution in [0.25, 0.3) is 11.0 Å². The first-order valence-electron chi connectivity index (χ1n) is 14.3. The summed E-state index contributed by atoms with van der Waals surface area (Å²) < 4.78 is 4.01. The van der Waals surface area contributed by atoms with Gasteiger partial charge in [0.15, 0.2) is 0 Å². The van der Waals surface area contributed by atoms with Gasteiger partial charge in [-0.05, 0) is 48.8 Å². The van der Waals surface area contributed by atoms with Gasteiger partial charge in [0.25, 0.3) is 0 Å². The molecule has 3 fully saturated rings. The summed E-state index contributed by atoms with van der Waals surface area (Å²) in [6.45, 7) is 8.54. The molecule has 10 nitrogen and oxygen atoms in total. The molecule has 2 saturated carbocycles. The van der Waals surface area contributed by atoms with E-state index in [2.05, 4.69) is 33.2 Å². The smallest absolute Gasteiger partial charge is 0.248 e. The lowest BCUT2D eigenvalue weighted by atomic mass is 9.85. The lowest BCUT2D eigenvalue weighted by molar-refractivity contribution is -0.144. The molecule has 2 aliphatic carbocycles. The first-order valence-corrected chi connectivity index (χ1v) is 14.3. The Balaban J connectivity index is 1.17. The number of hydrogen-bond donors (Lipinski definition) is 2. The van der Waals surface area contributed by atoms with Crippen LogP contribution in [0.5, 0.6) is 0 Å².